The van der Waals surface area contributed by atoms with Crippen LogP contribution in [0.5, 0.6) is 11.5 Å². The van der Waals surface area contributed by atoms with Gasteiger partial charge in [0.05, 0.1) is 5.69 Å². The lowest BCUT2D eigenvalue weighted by atomic mass is 10.1. The van der Waals surface area contributed by atoms with E-state index in [1.165, 1.54) is 10.4 Å². The van der Waals surface area contributed by atoms with Gasteiger partial charge in [-0.3, -0.25) is 4.68 Å². The van der Waals surface area contributed by atoms with E-state index < -0.39 is 0 Å². The molecule has 0 bridgehead atoms. The summed E-state index contributed by atoms with van der Waals surface area (Å²) >= 11 is 1.80. The van der Waals surface area contributed by atoms with E-state index in [1.54, 1.807) is 11.3 Å². The van der Waals surface area contributed by atoms with Gasteiger partial charge in [0.15, 0.2) is 11.5 Å². The van der Waals surface area contributed by atoms with Crippen LogP contribution in [0, 0.1) is 0 Å². The fourth-order valence-corrected chi connectivity index (χ4v) is 3.70. The Balaban J connectivity index is 1.47. The average Bonchev–Trinajstić information content (AvgIpc) is 3.28. The summed E-state index contributed by atoms with van der Waals surface area (Å²) in [7, 11) is 1.96. The normalized spacial score (nSPS) is 13.2. The molecule has 0 atom stereocenters. The first-order valence-electron chi connectivity index (χ1n) is 8.45. The fourth-order valence-electron chi connectivity index (χ4n) is 2.99. The zero-order chi connectivity index (χ0) is 17.1. The number of fused-ring (bicyclic) bond motifs is 1. The highest BCUT2D eigenvalue weighted by molar-refractivity contribution is 7.09. The summed E-state index contributed by atoms with van der Waals surface area (Å²) in [6, 6.07) is 10.3. The SMILES string of the molecule is Cn1cc(CNCCc2cccs2)c(-c2ccc3c(c2)OCCO3)n1. The van der Waals surface area contributed by atoms with E-state index >= 15 is 0 Å². The van der Waals surface area contributed by atoms with Gasteiger partial charge < -0.3 is 14.8 Å². The summed E-state index contributed by atoms with van der Waals surface area (Å²) < 4.78 is 13.2. The molecule has 5 nitrogen and oxygen atoms in total. The molecular weight excluding hydrogens is 334 g/mol. The van der Waals surface area contributed by atoms with Gasteiger partial charge in [0, 0.05) is 42.3 Å². The van der Waals surface area contributed by atoms with Gasteiger partial charge in [-0.1, -0.05) is 6.07 Å². The van der Waals surface area contributed by atoms with E-state index in [1.807, 2.05) is 29.9 Å². The summed E-state index contributed by atoms with van der Waals surface area (Å²) in [5, 5.41) is 10.3. The van der Waals surface area contributed by atoms with Crippen LogP contribution in [0.3, 0.4) is 0 Å². The first-order valence-corrected chi connectivity index (χ1v) is 9.33. The molecule has 0 aliphatic carbocycles. The van der Waals surface area contributed by atoms with Gasteiger partial charge in [-0.15, -0.1) is 11.3 Å². The Labute approximate surface area is 151 Å². The minimum absolute atomic E-state index is 0.593. The first kappa shape index (κ1) is 16.2. The van der Waals surface area contributed by atoms with E-state index in [0.29, 0.717) is 13.2 Å². The molecule has 0 spiro atoms. The van der Waals surface area contributed by atoms with Gasteiger partial charge >= 0.3 is 0 Å². The van der Waals surface area contributed by atoms with Crippen LogP contribution in [0.1, 0.15) is 10.4 Å². The maximum Gasteiger partial charge on any atom is 0.162 e. The van der Waals surface area contributed by atoms with Crippen molar-refractivity contribution in [3.8, 4) is 22.8 Å². The van der Waals surface area contributed by atoms with Gasteiger partial charge in [0.1, 0.15) is 13.2 Å². The molecule has 3 aromatic rings. The van der Waals surface area contributed by atoms with Crippen molar-refractivity contribution in [2.45, 2.75) is 13.0 Å². The molecule has 1 N–H and O–H groups in total. The number of aryl methyl sites for hydroxylation is 1. The third kappa shape index (κ3) is 3.70. The smallest absolute Gasteiger partial charge is 0.162 e. The summed E-state index contributed by atoms with van der Waals surface area (Å²) in [6.07, 6.45) is 3.13. The summed E-state index contributed by atoms with van der Waals surface area (Å²) in [6.45, 7) is 2.95. The standard InChI is InChI=1S/C19H21N3O2S/c1-22-13-15(12-20-7-6-16-3-2-10-25-16)19(21-22)14-4-5-17-18(11-14)24-9-8-23-17/h2-5,10-11,13,20H,6-9,12H2,1H3. The maximum absolute atomic E-state index is 5.70. The molecule has 1 aliphatic rings. The van der Waals surface area contributed by atoms with Crippen LogP contribution >= 0.6 is 11.3 Å². The second-order valence-corrected chi connectivity index (χ2v) is 7.07. The molecule has 130 valence electrons. The molecule has 3 heterocycles. The first-order chi connectivity index (χ1) is 12.3. The Morgan fingerprint density at radius 2 is 2.08 bits per heavy atom. The van der Waals surface area contributed by atoms with E-state index in [2.05, 4.69) is 34.1 Å². The van der Waals surface area contributed by atoms with Crippen LogP contribution in [0.25, 0.3) is 11.3 Å². The van der Waals surface area contributed by atoms with Crippen LogP contribution in [0.4, 0.5) is 0 Å². The number of rotatable bonds is 6. The molecule has 1 aromatic carbocycles. The monoisotopic (exact) mass is 355 g/mol. The topological polar surface area (TPSA) is 48.3 Å². The number of nitrogens with one attached hydrogen (secondary N) is 1. The highest BCUT2D eigenvalue weighted by Gasteiger charge is 2.16. The Kier molecular flexibility index (Phi) is 4.72. The second kappa shape index (κ2) is 7.29. The van der Waals surface area contributed by atoms with E-state index in [9.17, 15) is 0 Å². The van der Waals surface area contributed by atoms with Crippen LogP contribution in [-0.2, 0) is 20.0 Å². The summed E-state index contributed by atoms with van der Waals surface area (Å²) in [4.78, 5) is 1.41. The number of nitrogens with zero attached hydrogens (tertiary/aromatic N) is 2. The lowest BCUT2D eigenvalue weighted by Gasteiger charge is -2.18. The molecule has 4 rings (SSSR count). The zero-order valence-electron chi connectivity index (χ0n) is 14.2. The van der Waals surface area contributed by atoms with Crippen LogP contribution in [0.15, 0.2) is 41.9 Å². The Morgan fingerprint density at radius 3 is 2.92 bits per heavy atom. The maximum atomic E-state index is 5.70. The average molecular weight is 355 g/mol. The van der Waals surface area contributed by atoms with E-state index in [0.717, 1.165) is 42.3 Å². The van der Waals surface area contributed by atoms with Crippen molar-refractivity contribution < 1.29 is 9.47 Å². The fraction of sp³-hybridized carbons (Fsp3) is 0.316. The minimum Gasteiger partial charge on any atom is -0.486 e. The molecule has 0 radical (unpaired) electrons. The zero-order valence-corrected chi connectivity index (χ0v) is 15.0. The molecule has 0 unspecified atom stereocenters. The molecule has 1 aliphatic heterocycles. The van der Waals surface area contributed by atoms with Crippen molar-refractivity contribution in [1.82, 2.24) is 15.1 Å². The Bertz CT molecular complexity index is 842. The van der Waals surface area contributed by atoms with Gasteiger partial charge in [0.2, 0.25) is 0 Å². The number of hydrogen-bond donors (Lipinski definition) is 1. The second-order valence-electron chi connectivity index (χ2n) is 6.04. The van der Waals surface area contributed by atoms with Gasteiger partial charge in [-0.2, -0.15) is 5.10 Å². The number of thiophene rings is 1. The number of hydrogen-bond acceptors (Lipinski definition) is 5. The molecule has 2 aromatic heterocycles. The molecule has 0 saturated carbocycles. The van der Waals surface area contributed by atoms with Crippen molar-refractivity contribution in [3.63, 3.8) is 0 Å². The predicted molar refractivity (Wildman–Crippen MR) is 99.4 cm³/mol. The number of ether oxygens (including phenoxy) is 2. The Morgan fingerprint density at radius 1 is 1.20 bits per heavy atom. The molecule has 0 amide bonds. The predicted octanol–water partition coefficient (Wildman–Crippen LogP) is 3.25. The highest BCUT2D eigenvalue weighted by atomic mass is 32.1. The molecule has 0 saturated heterocycles. The largest absolute Gasteiger partial charge is 0.486 e. The summed E-state index contributed by atoms with van der Waals surface area (Å²) in [5.74, 6) is 1.60. The number of benzene rings is 1. The quantitative estimate of drug-likeness (QED) is 0.690. The lowest BCUT2D eigenvalue weighted by molar-refractivity contribution is 0.171. The van der Waals surface area contributed by atoms with Gasteiger partial charge in [-0.25, -0.2) is 0 Å². The van der Waals surface area contributed by atoms with Crippen molar-refractivity contribution >= 4 is 11.3 Å². The molecule has 6 heteroatoms. The van der Waals surface area contributed by atoms with Crippen molar-refractivity contribution in [2.24, 2.45) is 7.05 Å². The van der Waals surface area contributed by atoms with Crippen molar-refractivity contribution in [1.29, 1.82) is 0 Å². The molecule has 0 fully saturated rings. The third-order valence-corrected chi connectivity index (χ3v) is 5.10. The summed E-state index contributed by atoms with van der Waals surface area (Å²) in [5.41, 5.74) is 3.23. The van der Waals surface area contributed by atoms with Crippen LogP contribution in [0.2, 0.25) is 0 Å². The third-order valence-electron chi connectivity index (χ3n) is 4.16. The van der Waals surface area contributed by atoms with Crippen molar-refractivity contribution in [3.05, 3.63) is 52.3 Å². The van der Waals surface area contributed by atoms with Gasteiger partial charge in [0.25, 0.3) is 0 Å². The van der Waals surface area contributed by atoms with E-state index in [-0.39, 0.29) is 0 Å². The van der Waals surface area contributed by atoms with E-state index in [4.69, 9.17) is 9.47 Å². The highest BCUT2D eigenvalue weighted by Crippen LogP contribution is 2.35. The van der Waals surface area contributed by atoms with Gasteiger partial charge in [-0.05, 0) is 36.1 Å². The van der Waals surface area contributed by atoms with Crippen molar-refractivity contribution in [2.75, 3.05) is 19.8 Å². The number of aromatic nitrogens is 2. The van der Waals surface area contributed by atoms with Crippen LogP contribution in [-0.4, -0.2) is 29.5 Å². The molecule has 25 heavy (non-hydrogen) atoms. The molecular formula is C19H21N3O2S. The lowest BCUT2D eigenvalue weighted by Crippen LogP contribution is -2.16. The Hall–Kier alpha value is -2.31. The van der Waals surface area contributed by atoms with Crippen LogP contribution < -0.4 is 14.8 Å². The minimum atomic E-state index is 0.593.